The zero-order chi connectivity index (χ0) is 7.40. The predicted octanol–water partition coefficient (Wildman–Crippen LogP) is -0.232. The standard InChI is InChI=1S/C6H11NO3/c1-5(8)2-7-10-4-6-3-9-6/h2,5-6,8H,3-4H2,1H3/b7-2+. The molecule has 0 aromatic carbocycles. The van der Waals surface area contributed by atoms with Gasteiger partial charge in [-0.25, -0.2) is 0 Å². The van der Waals surface area contributed by atoms with Crippen molar-refractivity contribution in [3.63, 3.8) is 0 Å². The molecule has 0 bridgehead atoms. The molecule has 0 amide bonds. The Balaban J connectivity index is 1.92. The third-order valence-corrected chi connectivity index (χ3v) is 1.01. The van der Waals surface area contributed by atoms with E-state index >= 15 is 0 Å². The van der Waals surface area contributed by atoms with Crippen molar-refractivity contribution in [2.24, 2.45) is 5.16 Å². The zero-order valence-corrected chi connectivity index (χ0v) is 5.86. The van der Waals surface area contributed by atoms with Crippen LogP contribution in [-0.2, 0) is 9.57 Å². The fourth-order valence-electron chi connectivity index (χ4n) is 0.422. The summed E-state index contributed by atoms with van der Waals surface area (Å²) in [5, 5.41) is 12.2. The minimum atomic E-state index is -0.542. The summed E-state index contributed by atoms with van der Waals surface area (Å²) in [5.41, 5.74) is 0. The maximum absolute atomic E-state index is 8.67. The molecule has 0 aliphatic carbocycles. The molecule has 1 aliphatic heterocycles. The largest absolute Gasteiger partial charge is 0.393 e. The summed E-state index contributed by atoms with van der Waals surface area (Å²) in [6, 6.07) is 0. The molecule has 0 saturated carbocycles. The minimum absolute atomic E-state index is 0.228. The van der Waals surface area contributed by atoms with Crippen LogP contribution in [-0.4, -0.2) is 36.7 Å². The normalized spacial score (nSPS) is 26.8. The Kier molecular flexibility index (Phi) is 2.65. The van der Waals surface area contributed by atoms with Crippen LogP contribution in [0, 0.1) is 0 Å². The molecular weight excluding hydrogens is 134 g/mol. The number of rotatable bonds is 4. The summed E-state index contributed by atoms with van der Waals surface area (Å²) < 4.78 is 4.85. The molecule has 58 valence electrons. The molecular formula is C6H11NO3. The highest BCUT2D eigenvalue weighted by molar-refractivity contribution is 5.61. The number of ether oxygens (including phenoxy) is 1. The Morgan fingerprint density at radius 1 is 2.00 bits per heavy atom. The van der Waals surface area contributed by atoms with Crippen LogP contribution in [0.25, 0.3) is 0 Å². The van der Waals surface area contributed by atoms with Gasteiger partial charge in [-0.15, -0.1) is 0 Å². The summed E-state index contributed by atoms with van der Waals surface area (Å²) >= 11 is 0. The summed E-state index contributed by atoms with van der Waals surface area (Å²) in [5.74, 6) is 0. The first kappa shape index (κ1) is 7.50. The van der Waals surface area contributed by atoms with Gasteiger partial charge in [0.1, 0.15) is 12.7 Å². The second kappa shape index (κ2) is 3.53. The summed E-state index contributed by atoms with van der Waals surface area (Å²) in [4.78, 5) is 4.75. The van der Waals surface area contributed by atoms with Gasteiger partial charge in [-0.1, -0.05) is 5.16 Å². The fourth-order valence-corrected chi connectivity index (χ4v) is 0.422. The van der Waals surface area contributed by atoms with Crippen LogP contribution < -0.4 is 0 Å². The van der Waals surface area contributed by atoms with E-state index in [1.54, 1.807) is 6.92 Å². The number of hydrogen-bond acceptors (Lipinski definition) is 4. The van der Waals surface area contributed by atoms with Gasteiger partial charge in [0.2, 0.25) is 0 Å². The Morgan fingerprint density at radius 2 is 2.70 bits per heavy atom. The Labute approximate surface area is 59.4 Å². The van der Waals surface area contributed by atoms with E-state index in [0.717, 1.165) is 6.61 Å². The number of oxime groups is 1. The first-order chi connectivity index (χ1) is 4.79. The Hall–Kier alpha value is -0.610. The first-order valence-corrected chi connectivity index (χ1v) is 3.24. The van der Waals surface area contributed by atoms with Crippen molar-refractivity contribution in [2.75, 3.05) is 13.2 Å². The topological polar surface area (TPSA) is 54.4 Å². The second-order valence-electron chi connectivity index (χ2n) is 2.25. The monoisotopic (exact) mass is 145 g/mol. The number of aliphatic hydroxyl groups is 1. The molecule has 0 spiro atoms. The third kappa shape index (κ3) is 3.42. The summed E-state index contributed by atoms with van der Waals surface area (Å²) in [7, 11) is 0. The van der Waals surface area contributed by atoms with Crippen LogP contribution in [0.15, 0.2) is 5.16 Å². The van der Waals surface area contributed by atoms with Crippen molar-refractivity contribution in [1.82, 2.24) is 0 Å². The van der Waals surface area contributed by atoms with Gasteiger partial charge in [0, 0.05) is 0 Å². The Morgan fingerprint density at radius 3 is 3.20 bits per heavy atom. The molecule has 0 radical (unpaired) electrons. The van der Waals surface area contributed by atoms with Gasteiger partial charge in [0.05, 0.1) is 18.9 Å². The van der Waals surface area contributed by atoms with E-state index in [1.165, 1.54) is 6.21 Å². The number of nitrogens with zero attached hydrogens (tertiary/aromatic N) is 1. The highest BCUT2D eigenvalue weighted by Gasteiger charge is 2.22. The van der Waals surface area contributed by atoms with Crippen LogP contribution in [0.3, 0.4) is 0 Å². The van der Waals surface area contributed by atoms with E-state index in [9.17, 15) is 0 Å². The summed E-state index contributed by atoms with van der Waals surface area (Å²) in [6.07, 6.45) is 1.02. The smallest absolute Gasteiger partial charge is 0.145 e. The third-order valence-electron chi connectivity index (χ3n) is 1.01. The SMILES string of the molecule is CC(O)/C=N/OCC1CO1. The summed E-state index contributed by atoms with van der Waals surface area (Å²) in [6.45, 7) is 2.87. The van der Waals surface area contributed by atoms with Gasteiger partial charge in [-0.3, -0.25) is 0 Å². The molecule has 1 rings (SSSR count). The number of epoxide rings is 1. The van der Waals surface area contributed by atoms with E-state index in [-0.39, 0.29) is 6.10 Å². The zero-order valence-electron chi connectivity index (χ0n) is 5.86. The second-order valence-corrected chi connectivity index (χ2v) is 2.25. The van der Waals surface area contributed by atoms with Gasteiger partial charge >= 0.3 is 0 Å². The highest BCUT2D eigenvalue weighted by Crippen LogP contribution is 2.08. The van der Waals surface area contributed by atoms with E-state index < -0.39 is 6.10 Å². The van der Waals surface area contributed by atoms with Gasteiger partial charge in [-0.2, -0.15) is 0 Å². The number of hydrogen-bond donors (Lipinski definition) is 1. The molecule has 10 heavy (non-hydrogen) atoms. The van der Waals surface area contributed by atoms with Crippen LogP contribution >= 0.6 is 0 Å². The van der Waals surface area contributed by atoms with Crippen LogP contribution in [0.4, 0.5) is 0 Å². The average Bonchev–Trinajstić information content (AvgIpc) is 2.62. The van der Waals surface area contributed by atoms with Gasteiger partial charge in [0.25, 0.3) is 0 Å². The molecule has 0 aromatic heterocycles. The molecule has 1 N–H and O–H groups in total. The molecule has 1 heterocycles. The van der Waals surface area contributed by atoms with Crippen molar-refractivity contribution in [1.29, 1.82) is 0 Å². The molecule has 2 unspecified atom stereocenters. The number of aliphatic hydroxyl groups excluding tert-OH is 1. The maximum atomic E-state index is 8.67. The molecule has 2 atom stereocenters. The van der Waals surface area contributed by atoms with E-state index in [1.807, 2.05) is 0 Å². The molecule has 0 aromatic rings. The van der Waals surface area contributed by atoms with Crippen LogP contribution in [0.5, 0.6) is 0 Å². The molecule has 4 heteroatoms. The van der Waals surface area contributed by atoms with Crippen molar-refractivity contribution in [3.05, 3.63) is 0 Å². The molecule has 1 fully saturated rings. The lowest BCUT2D eigenvalue weighted by atomic mass is 10.5. The van der Waals surface area contributed by atoms with Gasteiger partial charge in [-0.05, 0) is 6.92 Å². The lowest BCUT2D eigenvalue weighted by Crippen LogP contribution is -2.02. The molecule has 1 aliphatic rings. The van der Waals surface area contributed by atoms with Crippen molar-refractivity contribution in [2.45, 2.75) is 19.1 Å². The Bertz CT molecular complexity index is 120. The van der Waals surface area contributed by atoms with E-state index in [0.29, 0.717) is 6.61 Å². The maximum Gasteiger partial charge on any atom is 0.145 e. The molecule has 4 nitrogen and oxygen atoms in total. The lowest BCUT2D eigenvalue weighted by molar-refractivity contribution is 0.122. The van der Waals surface area contributed by atoms with E-state index in [4.69, 9.17) is 14.7 Å². The van der Waals surface area contributed by atoms with Crippen molar-refractivity contribution < 1.29 is 14.7 Å². The van der Waals surface area contributed by atoms with Gasteiger partial charge in [0.15, 0.2) is 0 Å². The van der Waals surface area contributed by atoms with E-state index in [2.05, 4.69) is 5.16 Å². The highest BCUT2D eigenvalue weighted by atomic mass is 16.7. The molecule has 1 saturated heterocycles. The van der Waals surface area contributed by atoms with Crippen LogP contribution in [0.1, 0.15) is 6.92 Å². The average molecular weight is 145 g/mol. The minimum Gasteiger partial charge on any atom is -0.393 e. The van der Waals surface area contributed by atoms with Gasteiger partial charge < -0.3 is 14.7 Å². The predicted molar refractivity (Wildman–Crippen MR) is 35.9 cm³/mol. The lowest BCUT2D eigenvalue weighted by Gasteiger charge is -1.94. The van der Waals surface area contributed by atoms with Crippen molar-refractivity contribution in [3.8, 4) is 0 Å². The fraction of sp³-hybridized carbons (Fsp3) is 0.833. The first-order valence-electron chi connectivity index (χ1n) is 3.24. The van der Waals surface area contributed by atoms with Crippen molar-refractivity contribution >= 4 is 6.21 Å². The quantitative estimate of drug-likeness (QED) is 0.337. The van der Waals surface area contributed by atoms with Crippen LogP contribution in [0.2, 0.25) is 0 Å².